The van der Waals surface area contributed by atoms with E-state index in [4.69, 9.17) is 10.5 Å². The maximum absolute atomic E-state index is 12.1. The number of carbonyl (C=O) groups is 1. The molecule has 6 nitrogen and oxygen atoms in total. The van der Waals surface area contributed by atoms with Crippen molar-refractivity contribution in [3.63, 3.8) is 0 Å². The molecule has 0 atom stereocenters. The van der Waals surface area contributed by atoms with E-state index in [1.165, 1.54) is 0 Å². The Morgan fingerprint density at radius 2 is 2.21 bits per heavy atom. The van der Waals surface area contributed by atoms with Gasteiger partial charge in [-0.05, 0) is 19.1 Å². The van der Waals surface area contributed by atoms with Crippen molar-refractivity contribution in [1.29, 1.82) is 0 Å². The lowest BCUT2D eigenvalue weighted by Gasteiger charge is -2.09. The summed E-state index contributed by atoms with van der Waals surface area (Å²) in [6.07, 6.45) is 1.67. The molecule has 3 N–H and O–H groups in total. The summed E-state index contributed by atoms with van der Waals surface area (Å²) in [5.74, 6) is 0.413. The van der Waals surface area contributed by atoms with E-state index in [-0.39, 0.29) is 5.91 Å². The zero-order chi connectivity index (χ0) is 14.0. The van der Waals surface area contributed by atoms with E-state index >= 15 is 0 Å². The van der Waals surface area contributed by atoms with Crippen LogP contribution in [0.3, 0.4) is 0 Å². The lowest BCUT2D eigenvalue weighted by atomic mass is 10.2. The summed E-state index contributed by atoms with van der Waals surface area (Å²) in [4.78, 5) is 12.1. The van der Waals surface area contributed by atoms with Gasteiger partial charge in [-0.15, -0.1) is 0 Å². The van der Waals surface area contributed by atoms with E-state index in [1.807, 2.05) is 0 Å². The average Bonchev–Trinajstić information content (AvgIpc) is 2.71. The molecular weight excluding hydrogens is 244 g/mol. The van der Waals surface area contributed by atoms with E-state index in [0.717, 1.165) is 0 Å². The van der Waals surface area contributed by atoms with Crippen LogP contribution in [0.2, 0.25) is 0 Å². The van der Waals surface area contributed by atoms with Gasteiger partial charge in [-0.3, -0.25) is 9.48 Å². The summed E-state index contributed by atoms with van der Waals surface area (Å²) >= 11 is 0. The summed E-state index contributed by atoms with van der Waals surface area (Å²) in [7, 11) is 3.33. The van der Waals surface area contributed by atoms with Crippen molar-refractivity contribution in [2.45, 2.75) is 6.92 Å². The van der Waals surface area contributed by atoms with Crippen LogP contribution >= 0.6 is 0 Å². The molecule has 0 unspecified atom stereocenters. The Morgan fingerprint density at radius 1 is 1.47 bits per heavy atom. The van der Waals surface area contributed by atoms with Crippen LogP contribution in [0, 0.1) is 6.92 Å². The van der Waals surface area contributed by atoms with Crippen LogP contribution in [0.4, 0.5) is 11.4 Å². The highest BCUT2D eigenvalue weighted by Crippen LogP contribution is 2.24. The van der Waals surface area contributed by atoms with Gasteiger partial charge in [0.1, 0.15) is 5.75 Å². The number of carbonyl (C=O) groups excluding carboxylic acids is 1. The monoisotopic (exact) mass is 260 g/mol. The number of amides is 1. The highest BCUT2D eigenvalue weighted by Gasteiger charge is 2.13. The van der Waals surface area contributed by atoms with Crippen LogP contribution in [0.5, 0.6) is 5.75 Å². The molecule has 0 aliphatic carbocycles. The molecule has 2 rings (SSSR count). The first kappa shape index (κ1) is 12.9. The number of aryl methyl sites for hydroxylation is 2. The number of hydrogen-bond acceptors (Lipinski definition) is 4. The standard InChI is InChI=1S/C13H16N4O2/c1-8-10(7-17(2)16-8)13(18)15-12-5-4-9(19-3)6-11(12)14/h4-7H,14H2,1-3H3,(H,15,18). The predicted octanol–water partition coefficient (Wildman–Crippen LogP) is 1.57. The highest BCUT2D eigenvalue weighted by molar-refractivity contribution is 6.06. The quantitative estimate of drug-likeness (QED) is 0.821. The van der Waals surface area contributed by atoms with Crippen LogP contribution in [0.15, 0.2) is 24.4 Å². The van der Waals surface area contributed by atoms with Gasteiger partial charge in [-0.25, -0.2) is 0 Å². The fourth-order valence-electron chi connectivity index (χ4n) is 1.79. The fourth-order valence-corrected chi connectivity index (χ4v) is 1.79. The topological polar surface area (TPSA) is 82.2 Å². The van der Waals surface area contributed by atoms with Crippen molar-refractivity contribution in [1.82, 2.24) is 9.78 Å². The van der Waals surface area contributed by atoms with E-state index in [9.17, 15) is 4.79 Å². The van der Waals surface area contributed by atoms with Gasteiger partial charge in [0.15, 0.2) is 0 Å². The third-order valence-electron chi connectivity index (χ3n) is 2.77. The van der Waals surface area contributed by atoms with E-state index < -0.39 is 0 Å². The molecule has 0 spiro atoms. The summed E-state index contributed by atoms with van der Waals surface area (Å²) < 4.78 is 6.65. The van der Waals surface area contributed by atoms with Crippen molar-refractivity contribution in [2.75, 3.05) is 18.2 Å². The van der Waals surface area contributed by atoms with Gasteiger partial charge < -0.3 is 15.8 Å². The number of ether oxygens (including phenoxy) is 1. The van der Waals surface area contributed by atoms with Gasteiger partial charge >= 0.3 is 0 Å². The fraction of sp³-hybridized carbons (Fsp3) is 0.231. The first-order chi connectivity index (χ1) is 9.01. The summed E-state index contributed by atoms with van der Waals surface area (Å²) in [5.41, 5.74) is 8.05. The summed E-state index contributed by atoms with van der Waals surface area (Å²) in [5, 5.41) is 6.89. The molecule has 0 bridgehead atoms. The van der Waals surface area contributed by atoms with Gasteiger partial charge in [0.05, 0.1) is 29.7 Å². The maximum atomic E-state index is 12.1. The van der Waals surface area contributed by atoms with Crippen molar-refractivity contribution in [3.05, 3.63) is 35.7 Å². The molecule has 19 heavy (non-hydrogen) atoms. The van der Waals surface area contributed by atoms with Crippen molar-refractivity contribution in [2.24, 2.45) is 7.05 Å². The molecule has 0 aliphatic rings. The molecule has 1 aromatic carbocycles. The van der Waals surface area contributed by atoms with Gasteiger partial charge in [0, 0.05) is 19.3 Å². The Bertz CT molecular complexity index is 619. The number of hydrogen-bond donors (Lipinski definition) is 2. The molecule has 0 aliphatic heterocycles. The summed E-state index contributed by atoms with van der Waals surface area (Å²) in [6, 6.07) is 5.10. The average molecular weight is 260 g/mol. The Kier molecular flexibility index (Phi) is 3.41. The minimum atomic E-state index is -0.234. The van der Waals surface area contributed by atoms with E-state index in [1.54, 1.807) is 50.2 Å². The minimum absolute atomic E-state index is 0.234. The van der Waals surface area contributed by atoms with Crippen LogP contribution in [0.25, 0.3) is 0 Å². The number of nitrogens with zero attached hydrogens (tertiary/aromatic N) is 2. The molecule has 0 saturated heterocycles. The normalized spacial score (nSPS) is 10.3. The molecule has 6 heteroatoms. The lowest BCUT2D eigenvalue weighted by Crippen LogP contribution is -2.13. The highest BCUT2D eigenvalue weighted by atomic mass is 16.5. The van der Waals surface area contributed by atoms with Crippen LogP contribution in [-0.2, 0) is 7.05 Å². The molecule has 1 heterocycles. The number of benzene rings is 1. The maximum Gasteiger partial charge on any atom is 0.259 e. The Labute approximate surface area is 111 Å². The van der Waals surface area contributed by atoms with Gasteiger partial charge in [-0.2, -0.15) is 5.10 Å². The number of methoxy groups -OCH3 is 1. The smallest absolute Gasteiger partial charge is 0.259 e. The second-order valence-corrected chi connectivity index (χ2v) is 4.21. The van der Waals surface area contributed by atoms with Crippen LogP contribution < -0.4 is 15.8 Å². The summed E-state index contributed by atoms with van der Waals surface area (Å²) in [6.45, 7) is 1.78. The Morgan fingerprint density at radius 3 is 2.74 bits per heavy atom. The van der Waals surface area contributed by atoms with Gasteiger partial charge in [-0.1, -0.05) is 0 Å². The van der Waals surface area contributed by atoms with Crippen LogP contribution in [0.1, 0.15) is 16.1 Å². The largest absolute Gasteiger partial charge is 0.497 e. The van der Waals surface area contributed by atoms with E-state index in [0.29, 0.717) is 28.4 Å². The van der Waals surface area contributed by atoms with Crippen molar-refractivity contribution in [3.8, 4) is 5.75 Å². The zero-order valence-corrected chi connectivity index (χ0v) is 11.1. The lowest BCUT2D eigenvalue weighted by molar-refractivity contribution is 0.102. The SMILES string of the molecule is COc1ccc(NC(=O)c2cn(C)nc2C)c(N)c1. The van der Waals surface area contributed by atoms with E-state index in [2.05, 4.69) is 10.4 Å². The number of nitrogen functional groups attached to an aromatic ring is 1. The third kappa shape index (κ3) is 2.67. The van der Waals surface area contributed by atoms with Crippen molar-refractivity contribution >= 4 is 17.3 Å². The van der Waals surface area contributed by atoms with Crippen molar-refractivity contribution < 1.29 is 9.53 Å². The molecular formula is C13H16N4O2. The third-order valence-corrected chi connectivity index (χ3v) is 2.77. The first-order valence-corrected chi connectivity index (χ1v) is 5.76. The van der Waals surface area contributed by atoms with Gasteiger partial charge in [0.25, 0.3) is 5.91 Å². The second kappa shape index (κ2) is 5.01. The zero-order valence-electron chi connectivity index (χ0n) is 11.1. The molecule has 1 aromatic heterocycles. The number of nitrogens with one attached hydrogen (secondary N) is 1. The number of aromatic nitrogens is 2. The minimum Gasteiger partial charge on any atom is -0.497 e. The molecule has 0 saturated carbocycles. The molecule has 0 fully saturated rings. The molecule has 100 valence electrons. The molecule has 0 radical (unpaired) electrons. The number of rotatable bonds is 3. The second-order valence-electron chi connectivity index (χ2n) is 4.21. The number of nitrogens with two attached hydrogens (primary N) is 1. The van der Waals surface area contributed by atoms with Crippen LogP contribution in [-0.4, -0.2) is 22.8 Å². The molecule has 1 amide bonds. The predicted molar refractivity (Wildman–Crippen MR) is 73.3 cm³/mol. The Hall–Kier alpha value is -2.50. The molecule has 2 aromatic rings. The Balaban J connectivity index is 2.22. The first-order valence-electron chi connectivity index (χ1n) is 5.76. The number of anilines is 2. The van der Waals surface area contributed by atoms with Gasteiger partial charge in [0.2, 0.25) is 0 Å².